The van der Waals surface area contributed by atoms with Crippen molar-refractivity contribution < 1.29 is 4.74 Å². The van der Waals surface area contributed by atoms with Crippen molar-refractivity contribution in [1.82, 2.24) is 0 Å². The molecule has 2 rings (SSSR count). The zero-order chi connectivity index (χ0) is 12.8. The fourth-order valence-corrected chi connectivity index (χ4v) is 2.48. The first-order valence-electron chi connectivity index (χ1n) is 6.13. The van der Waals surface area contributed by atoms with Crippen molar-refractivity contribution >= 4 is 15.9 Å². The Morgan fingerprint density at radius 2 is 1.94 bits per heavy atom. The zero-order valence-electron chi connectivity index (χ0n) is 11.3. The van der Waals surface area contributed by atoms with Crippen LogP contribution >= 0.6 is 15.9 Å². The standard InChI is InChI=1S/C15H21BrO/c1-14(2,3)13(16)10-6-7-12-11(8-10)15(4,5)9-17-12/h6-8,13H,9H2,1-5H3. The fourth-order valence-electron chi connectivity index (χ4n) is 2.20. The van der Waals surface area contributed by atoms with Gasteiger partial charge >= 0.3 is 0 Å². The topological polar surface area (TPSA) is 9.23 Å². The van der Waals surface area contributed by atoms with E-state index in [1.807, 2.05) is 0 Å². The molecule has 1 unspecified atom stereocenters. The molecule has 0 saturated carbocycles. The third-order valence-corrected chi connectivity index (χ3v) is 5.28. The van der Waals surface area contributed by atoms with Gasteiger partial charge in [0, 0.05) is 15.8 Å². The maximum absolute atomic E-state index is 5.72. The Balaban J connectivity index is 2.41. The van der Waals surface area contributed by atoms with Crippen LogP contribution < -0.4 is 4.74 Å². The van der Waals surface area contributed by atoms with E-state index >= 15 is 0 Å². The minimum Gasteiger partial charge on any atom is -0.492 e. The lowest BCUT2D eigenvalue weighted by Crippen LogP contribution is -2.19. The van der Waals surface area contributed by atoms with Crippen molar-refractivity contribution in [3.63, 3.8) is 0 Å². The van der Waals surface area contributed by atoms with E-state index in [0.717, 1.165) is 12.4 Å². The quantitative estimate of drug-likeness (QED) is 0.674. The predicted octanol–water partition coefficient (Wildman–Crippen LogP) is 4.84. The van der Waals surface area contributed by atoms with E-state index in [1.54, 1.807) is 0 Å². The molecule has 2 heteroatoms. The maximum atomic E-state index is 5.72. The van der Waals surface area contributed by atoms with Crippen LogP contribution in [0, 0.1) is 5.41 Å². The van der Waals surface area contributed by atoms with Gasteiger partial charge in [0.15, 0.2) is 0 Å². The average molecular weight is 297 g/mol. The molecule has 0 saturated heterocycles. The highest BCUT2D eigenvalue weighted by Crippen LogP contribution is 2.44. The van der Waals surface area contributed by atoms with Crippen molar-refractivity contribution in [2.45, 2.75) is 44.9 Å². The molecule has 0 aliphatic carbocycles. The summed E-state index contributed by atoms with van der Waals surface area (Å²) in [7, 11) is 0. The Bertz CT molecular complexity index is 429. The molecule has 1 aliphatic heterocycles. The van der Waals surface area contributed by atoms with Gasteiger partial charge in [-0.2, -0.15) is 0 Å². The second-order valence-electron chi connectivity index (χ2n) is 6.66. The molecule has 17 heavy (non-hydrogen) atoms. The van der Waals surface area contributed by atoms with Gasteiger partial charge in [0.05, 0.1) is 6.61 Å². The number of ether oxygens (including phenoxy) is 1. The highest BCUT2D eigenvalue weighted by atomic mass is 79.9. The number of alkyl halides is 1. The van der Waals surface area contributed by atoms with Gasteiger partial charge in [-0.15, -0.1) is 0 Å². The molecule has 1 heterocycles. The molecule has 0 aromatic heterocycles. The SMILES string of the molecule is CC1(C)COc2ccc(C(Br)C(C)(C)C)cc21. The maximum Gasteiger partial charge on any atom is 0.123 e. The molecule has 1 aromatic carbocycles. The molecule has 0 radical (unpaired) electrons. The number of fused-ring (bicyclic) bond motifs is 1. The largest absolute Gasteiger partial charge is 0.492 e. The van der Waals surface area contributed by atoms with E-state index < -0.39 is 0 Å². The van der Waals surface area contributed by atoms with Crippen LogP contribution in [0.5, 0.6) is 5.75 Å². The Kier molecular flexibility index (Phi) is 3.05. The van der Waals surface area contributed by atoms with Crippen molar-refractivity contribution in [2.24, 2.45) is 5.41 Å². The molecule has 1 nitrogen and oxygen atoms in total. The third-order valence-electron chi connectivity index (χ3n) is 3.37. The summed E-state index contributed by atoms with van der Waals surface area (Å²) in [6, 6.07) is 6.58. The molecule has 94 valence electrons. The summed E-state index contributed by atoms with van der Waals surface area (Å²) in [5.41, 5.74) is 3.03. The second-order valence-corrected chi connectivity index (χ2v) is 7.57. The van der Waals surface area contributed by atoms with E-state index in [1.165, 1.54) is 11.1 Å². The lowest BCUT2D eigenvalue weighted by atomic mass is 9.83. The second kappa shape index (κ2) is 4.01. The molecule has 1 aromatic rings. The van der Waals surface area contributed by atoms with Crippen LogP contribution in [0.15, 0.2) is 18.2 Å². The van der Waals surface area contributed by atoms with E-state index in [0.29, 0.717) is 4.83 Å². The number of benzene rings is 1. The first-order valence-corrected chi connectivity index (χ1v) is 7.05. The van der Waals surface area contributed by atoms with Gasteiger partial charge in [0.25, 0.3) is 0 Å². The lowest BCUT2D eigenvalue weighted by molar-refractivity contribution is 0.291. The minimum atomic E-state index is 0.135. The van der Waals surface area contributed by atoms with Gasteiger partial charge in [-0.3, -0.25) is 0 Å². The fraction of sp³-hybridized carbons (Fsp3) is 0.600. The number of hydrogen-bond acceptors (Lipinski definition) is 1. The van der Waals surface area contributed by atoms with Crippen molar-refractivity contribution in [2.75, 3.05) is 6.61 Å². The molecule has 0 spiro atoms. The van der Waals surface area contributed by atoms with Gasteiger partial charge in [0.2, 0.25) is 0 Å². The van der Waals surface area contributed by atoms with Gasteiger partial charge < -0.3 is 4.74 Å². The summed E-state index contributed by atoms with van der Waals surface area (Å²) in [4.78, 5) is 0.372. The van der Waals surface area contributed by atoms with Gasteiger partial charge in [-0.25, -0.2) is 0 Å². The minimum absolute atomic E-state index is 0.135. The number of hydrogen-bond donors (Lipinski definition) is 0. The molecular formula is C15H21BrO. The Hall–Kier alpha value is -0.500. The highest BCUT2D eigenvalue weighted by Gasteiger charge is 2.33. The molecule has 1 atom stereocenters. The molecular weight excluding hydrogens is 276 g/mol. The Labute approximate surface area is 113 Å². The normalized spacial score (nSPS) is 19.6. The van der Waals surface area contributed by atoms with Gasteiger partial charge in [0.1, 0.15) is 5.75 Å². The molecule has 0 amide bonds. The molecule has 1 aliphatic rings. The lowest BCUT2D eigenvalue weighted by Gasteiger charge is -2.27. The average Bonchev–Trinajstić information content (AvgIpc) is 2.52. The summed E-state index contributed by atoms with van der Waals surface area (Å²) in [5.74, 6) is 1.05. The van der Waals surface area contributed by atoms with Crippen LogP contribution in [-0.4, -0.2) is 6.61 Å². The van der Waals surface area contributed by atoms with E-state index in [2.05, 4.69) is 68.7 Å². The molecule has 0 N–H and O–H groups in total. The summed E-state index contributed by atoms with van der Waals surface area (Å²) in [6.07, 6.45) is 0. The van der Waals surface area contributed by atoms with Crippen LogP contribution in [-0.2, 0) is 5.41 Å². The van der Waals surface area contributed by atoms with Crippen LogP contribution in [0.2, 0.25) is 0 Å². The predicted molar refractivity (Wildman–Crippen MR) is 76.1 cm³/mol. The van der Waals surface area contributed by atoms with Crippen LogP contribution in [0.25, 0.3) is 0 Å². The zero-order valence-corrected chi connectivity index (χ0v) is 12.9. The third kappa shape index (κ3) is 2.37. The summed E-state index contributed by atoms with van der Waals surface area (Å²) < 4.78 is 5.72. The molecule has 0 bridgehead atoms. The van der Waals surface area contributed by atoms with Crippen LogP contribution in [0.3, 0.4) is 0 Å². The summed E-state index contributed by atoms with van der Waals surface area (Å²) >= 11 is 3.81. The van der Waals surface area contributed by atoms with Gasteiger partial charge in [-0.05, 0) is 17.0 Å². The van der Waals surface area contributed by atoms with Crippen molar-refractivity contribution in [3.8, 4) is 5.75 Å². The Morgan fingerprint density at radius 1 is 1.29 bits per heavy atom. The van der Waals surface area contributed by atoms with E-state index in [9.17, 15) is 0 Å². The van der Waals surface area contributed by atoms with Crippen molar-refractivity contribution in [1.29, 1.82) is 0 Å². The monoisotopic (exact) mass is 296 g/mol. The first kappa shape index (κ1) is 12.9. The first-order chi connectivity index (χ1) is 7.72. The van der Waals surface area contributed by atoms with Crippen LogP contribution in [0.1, 0.15) is 50.6 Å². The highest BCUT2D eigenvalue weighted by molar-refractivity contribution is 9.09. The van der Waals surface area contributed by atoms with E-state index in [-0.39, 0.29) is 10.8 Å². The number of halogens is 1. The number of rotatable bonds is 1. The summed E-state index contributed by atoms with van der Waals surface area (Å²) in [5, 5.41) is 0. The molecule has 0 fully saturated rings. The van der Waals surface area contributed by atoms with Crippen molar-refractivity contribution in [3.05, 3.63) is 29.3 Å². The summed E-state index contributed by atoms with van der Waals surface area (Å²) in [6.45, 7) is 12.0. The smallest absolute Gasteiger partial charge is 0.123 e. The van der Waals surface area contributed by atoms with Crippen LogP contribution in [0.4, 0.5) is 0 Å². The Morgan fingerprint density at radius 3 is 2.53 bits per heavy atom. The van der Waals surface area contributed by atoms with E-state index in [4.69, 9.17) is 4.74 Å². The van der Waals surface area contributed by atoms with Gasteiger partial charge in [-0.1, -0.05) is 62.7 Å².